The molecule has 1 aromatic carbocycles. The van der Waals surface area contributed by atoms with Crippen molar-refractivity contribution in [2.24, 2.45) is 17.3 Å². The molecule has 0 bridgehead atoms. The zero-order valence-electron chi connectivity index (χ0n) is 17.1. The largest absolute Gasteiger partial charge is 0.445 e. The second-order valence-corrected chi connectivity index (χ2v) is 8.46. The lowest BCUT2D eigenvalue weighted by Gasteiger charge is -2.43. The standard InChI is InChI=1S/C23H35NO3/c1-4-5-6-10-13-20-19(21(25)14-15-23(20,2)3)16-24-22(26)27-17-18-11-8-7-9-12-18/h7-9,11-12,19-20H,4-6,10,13-17H2,1-3H3,(H,24,26)/t19-,20-/m0/s1. The van der Waals surface area contributed by atoms with Gasteiger partial charge in [0.1, 0.15) is 12.4 Å². The number of Topliss-reactive ketones (excluding diaryl/α,β-unsaturated/α-hetero) is 1. The molecule has 4 nitrogen and oxygen atoms in total. The van der Waals surface area contributed by atoms with Crippen LogP contribution in [0.15, 0.2) is 30.3 Å². The van der Waals surface area contributed by atoms with Gasteiger partial charge in [-0.3, -0.25) is 4.79 Å². The number of amides is 1. The van der Waals surface area contributed by atoms with Crippen molar-refractivity contribution in [2.45, 2.75) is 72.3 Å². The summed E-state index contributed by atoms with van der Waals surface area (Å²) in [5, 5.41) is 2.84. The van der Waals surface area contributed by atoms with Gasteiger partial charge in [0.15, 0.2) is 0 Å². The van der Waals surface area contributed by atoms with Crippen molar-refractivity contribution in [3.05, 3.63) is 35.9 Å². The molecule has 0 unspecified atom stereocenters. The monoisotopic (exact) mass is 373 g/mol. The Morgan fingerprint density at radius 2 is 1.93 bits per heavy atom. The van der Waals surface area contributed by atoms with Crippen molar-refractivity contribution in [3.63, 3.8) is 0 Å². The molecule has 0 spiro atoms. The van der Waals surface area contributed by atoms with E-state index in [0.29, 0.717) is 18.9 Å². The van der Waals surface area contributed by atoms with Crippen LogP contribution >= 0.6 is 0 Å². The highest BCUT2D eigenvalue weighted by molar-refractivity contribution is 5.83. The van der Waals surface area contributed by atoms with E-state index in [-0.39, 0.29) is 23.7 Å². The van der Waals surface area contributed by atoms with E-state index in [1.165, 1.54) is 19.3 Å². The molecule has 2 rings (SSSR count). The number of carbonyl (C=O) groups is 2. The first-order chi connectivity index (χ1) is 12.9. The van der Waals surface area contributed by atoms with E-state index in [2.05, 4.69) is 26.1 Å². The Kier molecular flexibility index (Phi) is 8.33. The van der Waals surface area contributed by atoms with E-state index in [1.54, 1.807) is 0 Å². The van der Waals surface area contributed by atoms with Crippen LogP contribution in [0, 0.1) is 17.3 Å². The summed E-state index contributed by atoms with van der Waals surface area (Å²) >= 11 is 0. The fourth-order valence-electron chi connectivity index (χ4n) is 4.19. The van der Waals surface area contributed by atoms with Crippen LogP contribution in [0.2, 0.25) is 0 Å². The SMILES string of the molecule is CCCCCC[C@H]1[C@H](CNC(=O)OCc2ccccc2)C(=O)CCC1(C)C. The first kappa shape index (κ1) is 21.5. The third kappa shape index (κ3) is 6.67. The molecule has 0 aliphatic heterocycles. The maximum Gasteiger partial charge on any atom is 0.407 e. The fourth-order valence-corrected chi connectivity index (χ4v) is 4.19. The quantitative estimate of drug-likeness (QED) is 0.581. The zero-order chi connectivity index (χ0) is 19.7. The summed E-state index contributed by atoms with van der Waals surface area (Å²) in [5.41, 5.74) is 1.09. The lowest BCUT2D eigenvalue weighted by atomic mass is 9.61. The molecular weight excluding hydrogens is 338 g/mol. The van der Waals surface area contributed by atoms with Crippen LogP contribution in [0.3, 0.4) is 0 Å². The van der Waals surface area contributed by atoms with Crippen molar-refractivity contribution in [1.29, 1.82) is 0 Å². The average molecular weight is 374 g/mol. The van der Waals surface area contributed by atoms with Gasteiger partial charge in [-0.15, -0.1) is 0 Å². The molecule has 1 aromatic rings. The predicted octanol–water partition coefficient (Wildman–Crippen LogP) is 5.50. The van der Waals surface area contributed by atoms with Gasteiger partial charge in [-0.05, 0) is 29.7 Å². The van der Waals surface area contributed by atoms with Gasteiger partial charge in [-0.25, -0.2) is 4.79 Å². The highest BCUT2D eigenvalue weighted by Gasteiger charge is 2.42. The lowest BCUT2D eigenvalue weighted by Crippen LogP contribution is -2.46. The molecule has 1 aliphatic rings. The average Bonchev–Trinajstić information content (AvgIpc) is 2.66. The molecule has 1 amide bonds. The van der Waals surface area contributed by atoms with E-state index >= 15 is 0 Å². The minimum Gasteiger partial charge on any atom is -0.445 e. The summed E-state index contributed by atoms with van der Waals surface area (Å²) in [4.78, 5) is 24.7. The molecule has 0 heterocycles. The van der Waals surface area contributed by atoms with Gasteiger partial charge >= 0.3 is 6.09 Å². The van der Waals surface area contributed by atoms with Crippen LogP contribution in [0.5, 0.6) is 0 Å². The van der Waals surface area contributed by atoms with Crippen molar-refractivity contribution in [3.8, 4) is 0 Å². The molecule has 0 saturated heterocycles. The van der Waals surface area contributed by atoms with E-state index in [4.69, 9.17) is 4.74 Å². The minimum absolute atomic E-state index is 0.0975. The summed E-state index contributed by atoms with van der Waals surface area (Å²) in [5.74, 6) is 0.517. The Morgan fingerprint density at radius 3 is 2.63 bits per heavy atom. The molecule has 0 aromatic heterocycles. The number of hydrogen-bond acceptors (Lipinski definition) is 3. The Bertz CT molecular complexity index is 597. The molecule has 1 saturated carbocycles. The maximum absolute atomic E-state index is 12.6. The molecule has 150 valence electrons. The normalized spacial score (nSPS) is 21.7. The number of rotatable bonds is 9. The number of carbonyl (C=O) groups excluding carboxylic acids is 2. The summed E-state index contributed by atoms with van der Waals surface area (Å²) in [6.45, 7) is 7.38. The van der Waals surface area contributed by atoms with Crippen molar-refractivity contribution in [1.82, 2.24) is 5.32 Å². The molecule has 1 N–H and O–H groups in total. The summed E-state index contributed by atoms with van der Waals surface area (Å²) < 4.78 is 5.29. The molecule has 2 atom stereocenters. The van der Waals surface area contributed by atoms with E-state index < -0.39 is 6.09 Å². The topological polar surface area (TPSA) is 55.4 Å². The molecule has 1 aliphatic carbocycles. The summed E-state index contributed by atoms with van der Waals surface area (Å²) in [6, 6.07) is 9.62. The maximum atomic E-state index is 12.6. The van der Waals surface area contributed by atoms with Gasteiger partial charge < -0.3 is 10.1 Å². The van der Waals surface area contributed by atoms with Crippen LogP contribution in [-0.2, 0) is 16.1 Å². The van der Waals surface area contributed by atoms with Crippen LogP contribution in [0.25, 0.3) is 0 Å². The van der Waals surface area contributed by atoms with Crippen molar-refractivity contribution >= 4 is 11.9 Å². The number of hydrogen-bond donors (Lipinski definition) is 1. The second kappa shape index (κ2) is 10.5. The smallest absolute Gasteiger partial charge is 0.407 e. The van der Waals surface area contributed by atoms with Crippen LogP contribution in [-0.4, -0.2) is 18.4 Å². The van der Waals surface area contributed by atoms with Crippen LogP contribution < -0.4 is 5.32 Å². The third-order valence-corrected chi connectivity index (χ3v) is 5.97. The van der Waals surface area contributed by atoms with Gasteiger partial charge in [0.2, 0.25) is 0 Å². The molecule has 0 radical (unpaired) electrons. The van der Waals surface area contributed by atoms with E-state index in [0.717, 1.165) is 24.8 Å². The van der Waals surface area contributed by atoms with Crippen LogP contribution in [0.4, 0.5) is 4.79 Å². The van der Waals surface area contributed by atoms with E-state index in [9.17, 15) is 9.59 Å². The highest BCUT2D eigenvalue weighted by atomic mass is 16.5. The highest BCUT2D eigenvalue weighted by Crippen LogP contribution is 2.45. The van der Waals surface area contributed by atoms with Crippen molar-refractivity contribution < 1.29 is 14.3 Å². The Labute approximate surface area is 164 Å². The number of ketones is 1. The lowest BCUT2D eigenvalue weighted by molar-refractivity contribution is -0.131. The summed E-state index contributed by atoms with van der Waals surface area (Å²) in [6.07, 6.45) is 7.01. The third-order valence-electron chi connectivity index (χ3n) is 5.97. The number of alkyl carbamates (subject to hydrolysis) is 1. The predicted molar refractivity (Wildman–Crippen MR) is 108 cm³/mol. The summed E-state index contributed by atoms with van der Waals surface area (Å²) in [7, 11) is 0. The fraction of sp³-hybridized carbons (Fsp3) is 0.652. The van der Waals surface area contributed by atoms with Gasteiger partial charge in [-0.1, -0.05) is 76.8 Å². The van der Waals surface area contributed by atoms with Gasteiger partial charge in [0.25, 0.3) is 0 Å². The number of ether oxygens (including phenoxy) is 1. The first-order valence-electron chi connectivity index (χ1n) is 10.4. The second-order valence-electron chi connectivity index (χ2n) is 8.46. The number of unbranched alkanes of at least 4 members (excludes halogenated alkanes) is 3. The molecular formula is C23H35NO3. The van der Waals surface area contributed by atoms with Crippen molar-refractivity contribution in [2.75, 3.05) is 6.54 Å². The molecule has 27 heavy (non-hydrogen) atoms. The first-order valence-corrected chi connectivity index (χ1v) is 10.4. The zero-order valence-corrected chi connectivity index (χ0v) is 17.1. The van der Waals surface area contributed by atoms with Gasteiger partial charge in [0.05, 0.1) is 0 Å². The van der Waals surface area contributed by atoms with Gasteiger partial charge in [0, 0.05) is 18.9 Å². The number of benzene rings is 1. The van der Waals surface area contributed by atoms with Gasteiger partial charge in [-0.2, -0.15) is 0 Å². The minimum atomic E-state index is -0.445. The number of nitrogens with one attached hydrogen (secondary N) is 1. The van der Waals surface area contributed by atoms with E-state index in [1.807, 2.05) is 30.3 Å². The Balaban J connectivity index is 1.87. The Morgan fingerprint density at radius 1 is 1.19 bits per heavy atom. The molecule has 1 fully saturated rings. The molecule has 4 heteroatoms. The Hall–Kier alpha value is -1.84. The van der Waals surface area contributed by atoms with Crippen LogP contribution in [0.1, 0.15) is 71.3 Å².